The lowest BCUT2D eigenvalue weighted by molar-refractivity contribution is -0.140. The van der Waals surface area contributed by atoms with Gasteiger partial charge in [-0.2, -0.15) is 5.10 Å². The molecule has 0 aliphatic carbocycles. The highest BCUT2D eigenvalue weighted by Gasteiger charge is 2.02. The first-order valence-electron chi connectivity index (χ1n) is 6.97. The number of methoxy groups -OCH3 is 1. The number of carbonyl (C=O) groups excluding carboxylic acids is 1. The zero-order chi connectivity index (χ0) is 15.8. The zero-order valence-corrected chi connectivity index (χ0v) is 13.0. The Balaban J connectivity index is 1.81. The molecule has 0 amide bonds. The second-order valence-electron chi connectivity index (χ2n) is 4.67. The summed E-state index contributed by atoms with van der Waals surface area (Å²) in [6.45, 7) is 0.568. The highest BCUT2D eigenvalue weighted by Crippen LogP contribution is 2.23. The van der Waals surface area contributed by atoms with E-state index in [0.29, 0.717) is 18.2 Å². The van der Waals surface area contributed by atoms with Crippen molar-refractivity contribution in [2.24, 2.45) is 0 Å². The monoisotopic (exact) mass is 320 g/mol. The Kier molecular flexibility index (Phi) is 6.15. The summed E-state index contributed by atoms with van der Waals surface area (Å²) in [4.78, 5) is 11.0. The van der Waals surface area contributed by atoms with Gasteiger partial charge in [0.2, 0.25) is 0 Å². The van der Waals surface area contributed by atoms with Crippen LogP contribution < -0.4 is 4.74 Å². The third-order valence-corrected chi connectivity index (χ3v) is 3.27. The molecule has 0 atom stereocenters. The maximum atomic E-state index is 11.0. The summed E-state index contributed by atoms with van der Waals surface area (Å²) in [5, 5.41) is 7.90. The Labute approximate surface area is 134 Å². The maximum absolute atomic E-state index is 11.0. The molecule has 0 unspecified atom stereocenters. The molecule has 0 saturated carbocycles. The minimum Gasteiger partial charge on any atom is -0.494 e. The first-order chi connectivity index (χ1) is 10.7. The topological polar surface area (TPSA) is 61.3 Å². The third kappa shape index (κ3) is 5.00. The van der Waals surface area contributed by atoms with Crippen LogP contribution in [0.4, 0.5) is 0 Å². The van der Waals surface area contributed by atoms with Gasteiger partial charge in [-0.05, 0) is 36.6 Å². The summed E-state index contributed by atoms with van der Waals surface area (Å²) in [6, 6.07) is 9.43. The minimum atomic E-state index is -0.186. The van der Waals surface area contributed by atoms with Crippen molar-refractivity contribution in [1.82, 2.24) is 10.2 Å². The molecule has 0 spiro atoms. The van der Waals surface area contributed by atoms with Gasteiger partial charge in [0.05, 0.1) is 19.9 Å². The molecular formula is C16H17ClN2O3. The van der Waals surface area contributed by atoms with E-state index >= 15 is 0 Å². The van der Waals surface area contributed by atoms with E-state index in [2.05, 4.69) is 14.9 Å². The fraction of sp³-hybridized carbons (Fsp3) is 0.312. The molecule has 0 aliphatic rings. The molecular weight excluding hydrogens is 304 g/mol. The van der Waals surface area contributed by atoms with Gasteiger partial charge in [0.15, 0.2) is 5.15 Å². The van der Waals surface area contributed by atoms with Gasteiger partial charge in [-0.1, -0.05) is 23.7 Å². The first-order valence-corrected chi connectivity index (χ1v) is 7.35. The average Bonchev–Trinajstić information content (AvgIpc) is 2.55. The molecule has 22 heavy (non-hydrogen) atoms. The molecule has 1 aromatic carbocycles. The first kappa shape index (κ1) is 16.2. The largest absolute Gasteiger partial charge is 0.494 e. The van der Waals surface area contributed by atoms with Crippen molar-refractivity contribution in [3.63, 3.8) is 0 Å². The summed E-state index contributed by atoms with van der Waals surface area (Å²) >= 11 is 5.83. The number of halogens is 1. The molecule has 6 heteroatoms. The third-order valence-electron chi connectivity index (χ3n) is 3.08. The molecule has 0 saturated heterocycles. The van der Waals surface area contributed by atoms with E-state index in [4.69, 9.17) is 16.3 Å². The number of ether oxygens (including phenoxy) is 2. The van der Waals surface area contributed by atoms with Crippen molar-refractivity contribution in [2.75, 3.05) is 13.7 Å². The summed E-state index contributed by atoms with van der Waals surface area (Å²) < 4.78 is 10.2. The molecule has 2 rings (SSSR count). The number of unbranched alkanes of at least 4 members (excludes halogenated alkanes) is 1. The molecule has 5 nitrogen and oxygen atoms in total. The lowest BCUT2D eigenvalue weighted by atomic mass is 10.1. The Hall–Kier alpha value is -2.14. The predicted molar refractivity (Wildman–Crippen MR) is 83.8 cm³/mol. The minimum absolute atomic E-state index is 0.186. The molecule has 0 bridgehead atoms. The number of hydrogen-bond acceptors (Lipinski definition) is 5. The van der Waals surface area contributed by atoms with Crippen LogP contribution in [0.1, 0.15) is 19.3 Å². The van der Waals surface area contributed by atoms with Crippen molar-refractivity contribution < 1.29 is 14.3 Å². The van der Waals surface area contributed by atoms with Crippen molar-refractivity contribution in [3.8, 4) is 16.9 Å². The van der Waals surface area contributed by atoms with Crippen LogP contribution in [0.5, 0.6) is 5.75 Å². The predicted octanol–water partition coefficient (Wildman–Crippen LogP) is 3.52. The van der Waals surface area contributed by atoms with Crippen LogP contribution >= 0.6 is 11.6 Å². The summed E-state index contributed by atoms with van der Waals surface area (Å²) in [5.74, 6) is 0.601. The van der Waals surface area contributed by atoms with Gasteiger partial charge in [-0.3, -0.25) is 4.79 Å². The highest BCUT2D eigenvalue weighted by molar-refractivity contribution is 6.29. The van der Waals surface area contributed by atoms with Gasteiger partial charge < -0.3 is 9.47 Å². The van der Waals surface area contributed by atoms with Gasteiger partial charge in [-0.25, -0.2) is 0 Å². The number of benzene rings is 1. The summed E-state index contributed by atoms with van der Waals surface area (Å²) in [6.07, 6.45) is 3.65. The van der Waals surface area contributed by atoms with E-state index in [1.165, 1.54) is 7.11 Å². The molecule has 0 fully saturated rings. The van der Waals surface area contributed by atoms with Crippen LogP contribution in [-0.4, -0.2) is 29.9 Å². The molecule has 0 radical (unpaired) electrons. The SMILES string of the molecule is COC(=O)CCCCOc1ccc(-c2cnnc(Cl)c2)cc1. The van der Waals surface area contributed by atoms with E-state index in [1.54, 1.807) is 12.3 Å². The molecule has 1 aromatic heterocycles. The van der Waals surface area contributed by atoms with Crippen molar-refractivity contribution >= 4 is 17.6 Å². The normalized spacial score (nSPS) is 10.3. The van der Waals surface area contributed by atoms with E-state index in [0.717, 1.165) is 29.7 Å². The van der Waals surface area contributed by atoms with E-state index in [9.17, 15) is 4.79 Å². The molecule has 2 aromatic rings. The number of carbonyl (C=O) groups is 1. The second-order valence-corrected chi connectivity index (χ2v) is 5.06. The Morgan fingerprint density at radius 3 is 2.64 bits per heavy atom. The average molecular weight is 321 g/mol. The molecule has 1 heterocycles. The maximum Gasteiger partial charge on any atom is 0.305 e. The number of esters is 1. The lowest BCUT2D eigenvalue weighted by Gasteiger charge is -2.07. The summed E-state index contributed by atoms with van der Waals surface area (Å²) in [5.41, 5.74) is 1.90. The Bertz CT molecular complexity index is 617. The van der Waals surface area contributed by atoms with Crippen LogP contribution in [0.2, 0.25) is 5.15 Å². The van der Waals surface area contributed by atoms with Crippen LogP contribution in [0.15, 0.2) is 36.5 Å². The van der Waals surface area contributed by atoms with Gasteiger partial charge in [-0.15, -0.1) is 5.10 Å². The van der Waals surface area contributed by atoms with Crippen LogP contribution in [-0.2, 0) is 9.53 Å². The molecule has 116 valence electrons. The number of nitrogens with zero attached hydrogens (tertiary/aromatic N) is 2. The van der Waals surface area contributed by atoms with E-state index in [1.807, 2.05) is 24.3 Å². The van der Waals surface area contributed by atoms with Gasteiger partial charge >= 0.3 is 5.97 Å². The number of aromatic nitrogens is 2. The van der Waals surface area contributed by atoms with Gasteiger partial charge in [0.25, 0.3) is 0 Å². The fourth-order valence-electron chi connectivity index (χ4n) is 1.91. The quantitative estimate of drug-likeness (QED) is 0.577. The lowest BCUT2D eigenvalue weighted by Crippen LogP contribution is -2.02. The van der Waals surface area contributed by atoms with Crippen LogP contribution in [0, 0.1) is 0 Å². The van der Waals surface area contributed by atoms with Crippen molar-refractivity contribution in [1.29, 1.82) is 0 Å². The summed E-state index contributed by atoms with van der Waals surface area (Å²) in [7, 11) is 1.39. The molecule has 0 aliphatic heterocycles. The van der Waals surface area contributed by atoms with Gasteiger partial charge in [0.1, 0.15) is 5.75 Å². The fourth-order valence-corrected chi connectivity index (χ4v) is 2.07. The zero-order valence-electron chi connectivity index (χ0n) is 12.3. The Morgan fingerprint density at radius 1 is 1.18 bits per heavy atom. The standard InChI is InChI=1S/C16H17ClN2O3/c1-21-16(20)4-2-3-9-22-14-7-5-12(6-8-14)13-10-15(17)19-18-11-13/h5-8,10-11H,2-4,9H2,1H3. The van der Waals surface area contributed by atoms with Crippen LogP contribution in [0.25, 0.3) is 11.1 Å². The number of rotatable bonds is 7. The smallest absolute Gasteiger partial charge is 0.305 e. The number of hydrogen-bond donors (Lipinski definition) is 0. The van der Waals surface area contributed by atoms with Crippen molar-refractivity contribution in [3.05, 3.63) is 41.7 Å². The molecule has 0 N–H and O–H groups in total. The van der Waals surface area contributed by atoms with E-state index in [-0.39, 0.29) is 5.97 Å². The second kappa shape index (κ2) is 8.34. The Morgan fingerprint density at radius 2 is 1.95 bits per heavy atom. The van der Waals surface area contributed by atoms with Gasteiger partial charge in [0, 0.05) is 12.0 Å². The van der Waals surface area contributed by atoms with E-state index < -0.39 is 0 Å². The van der Waals surface area contributed by atoms with Crippen molar-refractivity contribution in [2.45, 2.75) is 19.3 Å². The van der Waals surface area contributed by atoms with Crippen LogP contribution in [0.3, 0.4) is 0 Å². The highest BCUT2D eigenvalue weighted by atomic mass is 35.5.